The Hall–Kier alpha value is -3.32. The van der Waals surface area contributed by atoms with Crippen molar-refractivity contribution in [3.05, 3.63) is 59.9 Å². The van der Waals surface area contributed by atoms with Crippen LogP contribution in [0.1, 0.15) is 16.1 Å². The van der Waals surface area contributed by atoms with Crippen LogP contribution >= 0.6 is 0 Å². The Bertz CT molecular complexity index is 1130. The lowest BCUT2D eigenvalue weighted by atomic mass is 10.2. The van der Waals surface area contributed by atoms with Crippen LogP contribution in [0.5, 0.6) is 5.75 Å². The molecule has 2 aromatic carbocycles. The Balaban J connectivity index is 1.20. The molecule has 160 valence electrons. The zero-order chi connectivity index (χ0) is 21.4. The van der Waals surface area contributed by atoms with Gasteiger partial charge in [-0.15, -0.1) is 0 Å². The van der Waals surface area contributed by atoms with Crippen LogP contribution in [-0.4, -0.2) is 68.0 Å². The van der Waals surface area contributed by atoms with Crippen LogP contribution in [0.25, 0.3) is 11.0 Å². The largest absolute Gasteiger partial charge is 0.493 e. The fourth-order valence-electron chi connectivity index (χ4n) is 4.44. The number of carbonyl (C=O) groups is 2. The highest BCUT2D eigenvalue weighted by Crippen LogP contribution is 2.29. The summed E-state index contributed by atoms with van der Waals surface area (Å²) in [6.07, 6.45) is 0.909. The van der Waals surface area contributed by atoms with Crippen molar-refractivity contribution >= 4 is 28.5 Å². The summed E-state index contributed by atoms with van der Waals surface area (Å²) < 4.78 is 11.1. The van der Waals surface area contributed by atoms with Gasteiger partial charge in [0, 0.05) is 43.8 Å². The van der Waals surface area contributed by atoms with Gasteiger partial charge in [0.05, 0.1) is 13.7 Å². The first-order chi connectivity index (χ1) is 15.1. The second kappa shape index (κ2) is 8.07. The molecule has 0 aliphatic carbocycles. The molecule has 2 amide bonds. The summed E-state index contributed by atoms with van der Waals surface area (Å²) in [5, 5.41) is 0.845. The molecule has 1 aromatic heterocycles. The van der Waals surface area contributed by atoms with Crippen molar-refractivity contribution in [2.24, 2.45) is 0 Å². The number of anilines is 1. The molecule has 3 aromatic rings. The van der Waals surface area contributed by atoms with Gasteiger partial charge in [-0.25, -0.2) is 0 Å². The zero-order valence-electron chi connectivity index (χ0n) is 17.5. The van der Waals surface area contributed by atoms with Gasteiger partial charge in [-0.3, -0.25) is 14.5 Å². The maximum Gasteiger partial charge on any atom is 0.289 e. The number of methoxy groups -OCH3 is 1. The fourth-order valence-corrected chi connectivity index (χ4v) is 4.44. The molecular weight excluding hydrogens is 394 g/mol. The number of fused-ring (bicyclic) bond motifs is 2. The minimum absolute atomic E-state index is 0.120. The lowest BCUT2D eigenvalue weighted by Gasteiger charge is -2.34. The van der Waals surface area contributed by atoms with Crippen LogP contribution in [-0.2, 0) is 11.2 Å². The average Bonchev–Trinajstić information content (AvgIpc) is 3.43. The first kappa shape index (κ1) is 19.6. The maximum absolute atomic E-state index is 12.9. The molecule has 3 heterocycles. The molecule has 7 heteroatoms. The molecule has 0 atom stereocenters. The summed E-state index contributed by atoms with van der Waals surface area (Å²) >= 11 is 0. The summed E-state index contributed by atoms with van der Waals surface area (Å²) in [7, 11) is 1.58. The average molecular weight is 419 g/mol. The van der Waals surface area contributed by atoms with Gasteiger partial charge >= 0.3 is 0 Å². The van der Waals surface area contributed by atoms with Crippen LogP contribution < -0.4 is 9.64 Å². The van der Waals surface area contributed by atoms with E-state index in [1.165, 1.54) is 5.56 Å². The topological polar surface area (TPSA) is 66.2 Å². The molecule has 0 N–H and O–H groups in total. The van der Waals surface area contributed by atoms with E-state index in [0.717, 1.165) is 24.0 Å². The van der Waals surface area contributed by atoms with Crippen molar-refractivity contribution in [1.82, 2.24) is 9.80 Å². The second-order valence-corrected chi connectivity index (χ2v) is 7.98. The van der Waals surface area contributed by atoms with Crippen molar-refractivity contribution < 1.29 is 18.7 Å². The van der Waals surface area contributed by atoms with Crippen molar-refractivity contribution in [3.63, 3.8) is 0 Å². The van der Waals surface area contributed by atoms with Crippen LogP contribution in [0.15, 0.2) is 52.9 Å². The molecular formula is C24H25N3O4. The third-order valence-corrected chi connectivity index (χ3v) is 6.15. The van der Waals surface area contributed by atoms with Crippen molar-refractivity contribution in [1.29, 1.82) is 0 Å². The Labute approximate surface area is 180 Å². The summed E-state index contributed by atoms with van der Waals surface area (Å²) in [4.78, 5) is 31.6. The third kappa shape index (κ3) is 3.65. The van der Waals surface area contributed by atoms with Crippen LogP contribution in [0.3, 0.4) is 0 Å². The van der Waals surface area contributed by atoms with Crippen molar-refractivity contribution in [3.8, 4) is 5.75 Å². The number of ether oxygens (including phenoxy) is 1. The minimum atomic E-state index is -0.127. The van der Waals surface area contributed by atoms with Gasteiger partial charge in [0.1, 0.15) is 0 Å². The molecule has 5 rings (SSSR count). The molecule has 0 saturated carbocycles. The van der Waals surface area contributed by atoms with Gasteiger partial charge in [0.2, 0.25) is 5.91 Å². The summed E-state index contributed by atoms with van der Waals surface area (Å²) in [6, 6.07) is 15.4. The lowest BCUT2D eigenvalue weighted by Crippen LogP contribution is -2.51. The Morgan fingerprint density at radius 2 is 1.81 bits per heavy atom. The smallest absolute Gasteiger partial charge is 0.289 e. The number of piperazine rings is 1. The summed E-state index contributed by atoms with van der Waals surface area (Å²) in [5.74, 6) is 0.924. The van der Waals surface area contributed by atoms with E-state index in [9.17, 15) is 9.59 Å². The molecule has 1 saturated heterocycles. The number of furan rings is 1. The Morgan fingerprint density at radius 1 is 1.00 bits per heavy atom. The Morgan fingerprint density at radius 3 is 2.61 bits per heavy atom. The molecule has 0 bridgehead atoms. The first-order valence-electron chi connectivity index (χ1n) is 10.6. The van der Waals surface area contributed by atoms with E-state index in [1.54, 1.807) is 18.1 Å². The van der Waals surface area contributed by atoms with Gasteiger partial charge in [-0.2, -0.15) is 0 Å². The SMILES string of the molecule is COc1cccc2cc(C(=O)N3CCN(CC(=O)N4CCc5ccccc54)CC3)oc12. The Kier molecular flexibility index (Phi) is 5.11. The van der Waals surface area contributed by atoms with E-state index in [0.29, 0.717) is 49.8 Å². The number of rotatable bonds is 4. The van der Waals surface area contributed by atoms with Gasteiger partial charge in [-0.1, -0.05) is 30.3 Å². The number of hydrogen-bond donors (Lipinski definition) is 0. The van der Waals surface area contributed by atoms with E-state index < -0.39 is 0 Å². The zero-order valence-corrected chi connectivity index (χ0v) is 17.5. The van der Waals surface area contributed by atoms with Crippen molar-refractivity contribution in [2.45, 2.75) is 6.42 Å². The maximum atomic E-state index is 12.9. The van der Waals surface area contributed by atoms with E-state index in [2.05, 4.69) is 11.0 Å². The van der Waals surface area contributed by atoms with Crippen molar-refractivity contribution in [2.75, 3.05) is 51.3 Å². The van der Waals surface area contributed by atoms with Crippen LogP contribution in [0, 0.1) is 0 Å². The lowest BCUT2D eigenvalue weighted by molar-refractivity contribution is -0.120. The second-order valence-electron chi connectivity index (χ2n) is 7.98. The first-order valence-corrected chi connectivity index (χ1v) is 10.6. The molecule has 0 unspecified atom stereocenters. The monoisotopic (exact) mass is 419 g/mol. The van der Waals surface area contributed by atoms with Gasteiger partial charge in [0.15, 0.2) is 17.1 Å². The molecule has 31 heavy (non-hydrogen) atoms. The number of nitrogens with zero attached hydrogens (tertiary/aromatic N) is 3. The number of carbonyl (C=O) groups excluding carboxylic acids is 2. The highest BCUT2D eigenvalue weighted by molar-refractivity contribution is 5.98. The van der Waals surface area contributed by atoms with E-state index in [1.807, 2.05) is 41.3 Å². The molecule has 0 spiro atoms. The predicted molar refractivity (Wildman–Crippen MR) is 118 cm³/mol. The predicted octanol–water partition coefficient (Wildman–Crippen LogP) is 2.79. The van der Waals surface area contributed by atoms with E-state index in [4.69, 9.17) is 9.15 Å². The molecule has 1 fully saturated rings. The molecule has 0 radical (unpaired) electrons. The summed E-state index contributed by atoms with van der Waals surface area (Å²) in [5.41, 5.74) is 2.85. The molecule has 7 nitrogen and oxygen atoms in total. The highest BCUT2D eigenvalue weighted by atomic mass is 16.5. The summed E-state index contributed by atoms with van der Waals surface area (Å²) in [6.45, 7) is 3.57. The van der Waals surface area contributed by atoms with Gasteiger partial charge < -0.3 is 19.0 Å². The minimum Gasteiger partial charge on any atom is -0.493 e. The normalized spacial score (nSPS) is 16.5. The third-order valence-electron chi connectivity index (χ3n) is 6.15. The quantitative estimate of drug-likeness (QED) is 0.651. The number of benzene rings is 2. The van der Waals surface area contributed by atoms with Crippen LogP contribution in [0.4, 0.5) is 5.69 Å². The number of para-hydroxylation sites is 2. The standard InChI is InChI=1S/C24H25N3O4/c1-30-20-8-4-6-18-15-21(31-23(18)20)24(29)26-13-11-25(12-14-26)16-22(28)27-10-9-17-5-2-3-7-19(17)27/h2-8,15H,9-14,16H2,1H3. The van der Waals surface area contributed by atoms with Gasteiger partial charge in [0.25, 0.3) is 5.91 Å². The van der Waals surface area contributed by atoms with E-state index >= 15 is 0 Å². The van der Waals surface area contributed by atoms with Gasteiger partial charge in [-0.05, 0) is 30.2 Å². The molecule has 2 aliphatic rings. The number of hydrogen-bond acceptors (Lipinski definition) is 5. The fraction of sp³-hybridized carbons (Fsp3) is 0.333. The van der Waals surface area contributed by atoms with Crippen LogP contribution in [0.2, 0.25) is 0 Å². The number of amides is 2. The van der Waals surface area contributed by atoms with E-state index in [-0.39, 0.29) is 11.8 Å². The molecule has 2 aliphatic heterocycles. The highest BCUT2D eigenvalue weighted by Gasteiger charge is 2.29.